The van der Waals surface area contributed by atoms with E-state index in [-0.39, 0.29) is 18.0 Å². The topological polar surface area (TPSA) is 123 Å². The third-order valence-corrected chi connectivity index (χ3v) is 6.91. The highest BCUT2D eigenvalue weighted by Crippen LogP contribution is 2.26. The molecule has 0 aliphatic carbocycles. The summed E-state index contributed by atoms with van der Waals surface area (Å²) in [5.74, 6) is 8.51. The highest BCUT2D eigenvalue weighted by atomic mass is 79.9. The van der Waals surface area contributed by atoms with Gasteiger partial charge in [0.15, 0.2) is 5.78 Å². The van der Waals surface area contributed by atoms with Gasteiger partial charge in [0.1, 0.15) is 18.7 Å². The first-order valence-electron chi connectivity index (χ1n) is 12.6. The van der Waals surface area contributed by atoms with Gasteiger partial charge in [0.05, 0.1) is 50.8 Å². The van der Waals surface area contributed by atoms with Crippen molar-refractivity contribution in [3.63, 3.8) is 0 Å². The van der Waals surface area contributed by atoms with Gasteiger partial charge in [0.2, 0.25) is 5.71 Å². The molecule has 11 heteroatoms. The Bertz CT molecular complexity index is 1740. The lowest BCUT2D eigenvalue weighted by atomic mass is 10.1. The number of anilines is 2. The number of pyridine rings is 1. The summed E-state index contributed by atoms with van der Waals surface area (Å²) in [6, 6.07) is 7.37. The number of carbonyl (C=O) groups excluding carboxylic acids is 1. The van der Waals surface area contributed by atoms with Crippen molar-refractivity contribution < 1.29 is 14.2 Å². The number of ketones is 1. The number of terminal acetylenes is 1. The number of allylic oxidation sites excluding steroid dienone is 1. The van der Waals surface area contributed by atoms with Crippen LogP contribution in [0, 0.1) is 34.3 Å². The first-order chi connectivity index (χ1) is 19.6. The standard InChI is InChI=1S/C30H27BrN7O3/c1-5-8-22-14-21(30(36-22)37(40)41)18-38(3,4)12-7-9-25(39)15-24-16-26-28(17-32-24)33-19-34-29(26)35-23-10-11-27(31)20(6-2)13-23/h2,7,9-11,13,16-17,19H,12,14-15,18H2,1,3-4H3,(H,33,34,35)/q+1/b9-7+. The van der Waals surface area contributed by atoms with Gasteiger partial charge < -0.3 is 19.9 Å². The zero-order chi connectivity index (χ0) is 29.6. The first kappa shape index (κ1) is 29.3. The molecule has 0 radical (unpaired) electrons. The Morgan fingerprint density at radius 1 is 1.27 bits per heavy atom. The molecule has 1 aromatic carbocycles. The molecular formula is C30H27BrN7O3+. The maximum Gasteiger partial charge on any atom is 0.369 e. The van der Waals surface area contributed by atoms with Crippen LogP contribution >= 0.6 is 15.9 Å². The summed E-state index contributed by atoms with van der Waals surface area (Å²) in [4.78, 5) is 40.9. The van der Waals surface area contributed by atoms with Crippen LogP contribution < -0.4 is 5.32 Å². The molecule has 1 aliphatic rings. The summed E-state index contributed by atoms with van der Waals surface area (Å²) < 4.78 is 1.23. The number of carbonyl (C=O) groups is 1. The molecule has 4 rings (SSSR count). The summed E-state index contributed by atoms with van der Waals surface area (Å²) in [5, 5.41) is 15.4. The molecule has 1 N–H and O–H groups in total. The molecule has 0 amide bonds. The van der Waals surface area contributed by atoms with Crippen molar-refractivity contribution in [1.29, 1.82) is 0 Å². The fraction of sp³-hybridized carbons (Fsp3) is 0.233. The number of nitro groups is 1. The average molecular weight is 613 g/mol. The Kier molecular flexibility index (Phi) is 9.03. The van der Waals surface area contributed by atoms with Crippen LogP contribution in [-0.2, 0) is 11.2 Å². The van der Waals surface area contributed by atoms with Crippen molar-refractivity contribution in [2.75, 3.05) is 32.5 Å². The summed E-state index contributed by atoms with van der Waals surface area (Å²) >= 11 is 3.43. The number of hydrogen-bond donors (Lipinski definition) is 1. The molecule has 2 aromatic heterocycles. The smallest absolute Gasteiger partial charge is 0.358 e. The van der Waals surface area contributed by atoms with E-state index in [1.807, 2.05) is 32.3 Å². The van der Waals surface area contributed by atoms with Crippen molar-refractivity contribution >= 4 is 49.8 Å². The molecule has 0 bridgehead atoms. The van der Waals surface area contributed by atoms with Crippen LogP contribution in [0.4, 0.5) is 11.5 Å². The molecule has 0 fully saturated rings. The van der Waals surface area contributed by atoms with Crippen LogP contribution in [0.2, 0.25) is 0 Å². The fourth-order valence-corrected chi connectivity index (χ4v) is 4.74. The molecule has 10 nitrogen and oxygen atoms in total. The van der Waals surface area contributed by atoms with E-state index in [0.29, 0.717) is 57.9 Å². The normalized spacial score (nSPS) is 13.1. The van der Waals surface area contributed by atoms with E-state index >= 15 is 0 Å². The van der Waals surface area contributed by atoms with Crippen LogP contribution in [0.5, 0.6) is 0 Å². The van der Waals surface area contributed by atoms with Gasteiger partial charge in [-0.05, 0) is 75.1 Å². The van der Waals surface area contributed by atoms with Crippen LogP contribution in [0.1, 0.15) is 24.6 Å². The minimum Gasteiger partial charge on any atom is -0.358 e. The minimum absolute atomic E-state index is 0.0945. The van der Waals surface area contributed by atoms with Gasteiger partial charge in [-0.1, -0.05) is 11.8 Å². The highest BCUT2D eigenvalue weighted by Gasteiger charge is 2.32. The number of rotatable bonds is 10. The second-order valence-electron chi connectivity index (χ2n) is 10.00. The maximum absolute atomic E-state index is 12.8. The quantitative estimate of drug-likeness (QED) is 0.116. The third kappa shape index (κ3) is 7.48. The van der Waals surface area contributed by atoms with Gasteiger partial charge in [-0.15, -0.1) is 6.42 Å². The Morgan fingerprint density at radius 2 is 2.07 bits per heavy atom. The zero-order valence-electron chi connectivity index (χ0n) is 22.8. The van der Waals surface area contributed by atoms with E-state index in [2.05, 4.69) is 59.0 Å². The number of quaternary nitrogens is 1. The van der Waals surface area contributed by atoms with Gasteiger partial charge in [-0.25, -0.2) is 9.97 Å². The summed E-state index contributed by atoms with van der Waals surface area (Å²) in [6.45, 7) is 2.58. The van der Waals surface area contributed by atoms with Crippen LogP contribution in [0.25, 0.3) is 10.9 Å². The predicted octanol–water partition coefficient (Wildman–Crippen LogP) is 4.61. The molecule has 0 atom stereocenters. The van der Waals surface area contributed by atoms with E-state index < -0.39 is 4.92 Å². The number of benzene rings is 1. The molecule has 41 heavy (non-hydrogen) atoms. The highest BCUT2D eigenvalue weighted by molar-refractivity contribution is 9.10. The Labute approximate surface area is 246 Å². The number of hydrogen-bond acceptors (Lipinski definition) is 8. The summed E-state index contributed by atoms with van der Waals surface area (Å²) in [7, 11) is 3.89. The molecular weight excluding hydrogens is 586 g/mol. The number of fused-ring (bicyclic) bond motifs is 1. The Morgan fingerprint density at radius 3 is 2.80 bits per heavy atom. The maximum atomic E-state index is 12.8. The van der Waals surface area contributed by atoms with Crippen molar-refractivity contribution in [1.82, 2.24) is 15.0 Å². The molecule has 3 aromatic rings. The lowest BCUT2D eigenvalue weighted by Crippen LogP contribution is -2.41. The number of aromatic nitrogens is 3. The number of aliphatic imine (C=N–C) groups is 1. The lowest BCUT2D eigenvalue weighted by molar-refractivity contribution is -0.880. The zero-order valence-corrected chi connectivity index (χ0v) is 24.4. The minimum atomic E-state index is -0.463. The molecule has 0 saturated heterocycles. The number of halogens is 1. The number of likely N-dealkylation sites (N-methyl/N-ethyl adjacent to an activating group) is 1. The molecule has 1 aliphatic heterocycles. The van der Waals surface area contributed by atoms with Gasteiger partial charge in [-0.2, -0.15) is 0 Å². The van der Waals surface area contributed by atoms with Crippen molar-refractivity contribution in [3.8, 4) is 24.2 Å². The van der Waals surface area contributed by atoms with E-state index in [0.717, 1.165) is 15.5 Å². The monoisotopic (exact) mass is 612 g/mol. The van der Waals surface area contributed by atoms with E-state index in [9.17, 15) is 14.9 Å². The van der Waals surface area contributed by atoms with Crippen LogP contribution in [0.15, 0.2) is 69.8 Å². The fourth-order valence-electron chi connectivity index (χ4n) is 4.38. The molecule has 0 spiro atoms. The Hall–Kier alpha value is -4.71. The molecule has 0 saturated carbocycles. The van der Waals surface area contributed by atoms with Gasteiger partial charge in [0, 0.05) is 26.8 Å². The number of nitrogens with zero attached hydrogens (tertiary/aromatic N) is 6. The predicted molar refractivity (Wildman–Crippen MR) is 162 cm³/mol. The average Bonchev–Trinajstić information content (AvgIpc) is 3.31. The first-order valence-corrected chi connectivity index (χ1v) is 13.4. The van der Waals surface area contributed by atoms with Crippen LogP contribution in [-0.4, -0.2) is 63.0 Å². The van der Waals surface area contributed by atoms with E-state index in [1.165, 1.54) is 12.4 Å². The van der Waals surface area contributed by atoms with Crippen molar-refractivity contribution in [3.05, 3.63) is 86.2 Å². The van der Waals surface area contributed by atoms with E-state index in [1.54, 1.807) is 25.3 Å². The van der Waals surface area contributed by atoms with Gasteiger partial charge in [-0.3, -0.25) is 9.78 Å². The lowest BCUT2D eigenvalue weighted by Gasteiger charge is -2.28. The van der Waals surface area contributed by atoms with Gasteiger partial charge >= 0.3 is 5.82 Å². The van der Waals surface area contributed by atoms with Gasteiger partial charge in [0.25, 0.3) is 0 Å². The largest absolute Gasteiger partial charge is 0.369 e. The second-order valence-corrected chi connectivity index (χ2v) is 10.8. The van der Waals surface area contributed by atoms with E-state index in [4.69, 9.17) is 6.42 Å². The third-order valence-electron chi connectivity index (χ3n) is 6.22. The molecule has 0 unspecified atom stereocenters. The van der Waals surface area contributed by atoms with Crippen LogP contribution in [0.3, 0.4) is 0 Å². The number of nitrogens with one attached hydrogen (secondary N) is 1. The summed E-state index contributed by atoms with van der Waals surface area (Å²) in [6.07, 6.45) is 12.4. The molecule has 3 heterocycles. The second kappa shape index (κ2) is 12.6. The summed E-state index contributed by atoms with van der Waals surface area (Å²) in [5.41, 5.74) is 3.81. The molecule has 206 valence electrons. The van der Waals surface area contributed by atoms with Crippen molar-refractivity contribution in [2.24, 2.45) is 4.99 Å². The SMILES string of the molecule is C#Cc1cc(Nc2ncnc3cnc(CC(=O)/C=C/C[N+](C)(C)CC4=C([N+](=O)[O-])N=C(C#CC)C4)cc23)ccc1Br. The Balaban J connectivity index is 1.42. The van der Waals surface area contributed by atoms with Crippen molar-refractivity contribution in [2.45, 2.75) is 19.8 Å².